The van der Waals surface area contributed by atoms with Crippen molar-refractivity contribution in [2.45, 2.75) is 32.7 Å². The third kappa shape index (κ3) is 2.58. The van der Waals surface area contributed by atoms with E-state index >= 15 is 0 Å². The topological polar surface area (TPSA) is 46.6 Å². The van der Waals surface area contributed by atoms with Gasteiger partial charge < -0.3 is 4.74 Å². The highest BCUT2D eigenvalue weighted by atomic mass is 16.5. The standard InChI is InChI=1S/C17H19NO3/c1-11(2)10-21-13-4-5-14-12(9-13)3-6-15(14)18-16(19)7-8-17(18)20/h4-5,7-9,11,15H,3,6,10H2,1-2H3/t15-/m0/s1. The van der Waals surface area contributed by atoms with E-state index in [2.05, 4.69) is 13.8 Å². The van der Waals surface area contributed by atoms with Crippen LogP contribution in [0.15, 0.2) is 30.4 Å². The summed E-state index contributed by atoms with van der Waals surface area (Å²) in [5, 5.41) is 0. The van der Waals surface area contributed by atoms with Crippen molar-refractivity contribution in [2.24, 2.45) is 5.92 Å². The van der Waals surface area contributed by atoms with Gasteiger partial charge in [0, 0.05) is 12.2 Å². The highest BCUT2D eigenvalue weighted by Gasteiger charge is 2.36. The van der Waals surface area contributed by atoms with E-state index in [1.807, 2.05) is 18.2 Å². The lowest BCUT2D eigenvalue weighted by molar-refractivity contribution is -0.139. The number of aryl methyl sites for hydroxylation is 1. The normalized spacial score (nSPS) is 20.5. The lowest BCUT2D eigenvalue weighted by atomic mass is 10.1. The van der Waals surface area contributed by atoms with Crippen LogP contribution in [-0.2, 0) is 16.0 Å². The van der Waals surface area contributed by atoms with Gasteiger partial charge >= 0.3 is 0 Å². The molecule has 3 rings (SSSR count). The minimum atomic E-state index is -0.210. The average molecular weight is 285 g/mol. The summed E-state index contributed by atoms with van der Waals surface area (Å²) in [6.07, 6.45) is 4.36. The average Bonchev–Trinajstić information content (AvgIpc) is 3.00. The third-order valence-corrected chi connectivity index (χ3v) is 3.90. The number of nitrogens with zero attached hydrogens (tertiary/aromatic N) is 1. The van der Waals surface area contributed by atoms with Crippen LogP contribution >= 0.6 is 0 Å². The number of fused-ring (bicyclic) bond motifs is 1. The van der Waals surface area contributed by atoms with Gasteiger partial charge in [-0.25, -0.2) is 0 Å². The first-order valence-electron chi connectivity index (χ1n) is 7.37. The molecule has 1 aromatic carbocycles. The van der Waals surface area contributed by atoms with E-state index in [9.17, 15) is 9.59 Å². The molecule has 2 aliphatic rings. The second kappa shape index (κ2) is 5.35. The predicted octanol–water partition coefficient (Wildman–Crippen LogP) is 2.63. The van der Waals surface area contributed by atoms with Crippen molar-refractivity contribution in [1.29, 1.82) is 0 Å². The Morgan fingerprint density at radius 3 is 2.62 bits per heavy atom. The maximum absolute atomic E-state index is 11.8. The molecular weight excluding hydrogens is 266 g/mol. The molecule has 2 amide bonds. The van der Waals surface area contributed by atoms with Gasteiger partial charge in [-0.15, -0.1) is 0 Å². The Morgan fingerprint density at radius 1 is 1.24 bits per heavy atom. The Balaban J connectivity index is 1.80. The number of imide groups is 1. The van der Waals surface area contributed by atoms with Crippen molar-refractivity contribution in [3.63, 3.8) is 0 Å². The molecule has 1 aliphatic carbocycles. The zero-order valence-corrected chi connectivity index (χ0v) is 12.3. The van der Waals surface area contributed by atoms with E-state index in [0.717, 1.165) is 24.2 Å². The van der Waals surface area contributed by atoms with Gasteiger partial charge in [0.25, 0.3) is 11.8 Å². The maximum atomic E-state index is 11.8. The van der Waals surface area contributed by atoms with E-state index in [1.165, 1.54) is 22.6 Å². The van der Waals surface area contributed by atoms with Crippen LogP contribution in [0.2, 0.25) is 0 Å². The first kappa shape index (κ1) is 13.9. The molecule has 1 atom stereocenters. The van der Waals surface area contributed by atoms with Crippen LogP contribution in [0.1, 0.15) is 37.4 Å². The number of rotatable bonds is 4. The van der Waals surface area contributed by atoms with Gasteiger partial charge in [0.15, 0.2) is 0 Å². The SMILES string of the molecule is CC(C)COc1ccc2c(c1)CC[C@@H]2N1C(=O)C=CC1=O. The molecule has 0 saturated heterocycles. The smallest absolute Gasteiger partial charge is 0.254 e. The highest BCUT2D eigenvalue weighted by molar-refractivity contribution is 6.13. The lowest BCUT2D eigenvalue weighted by Crippen LogP contribution is -2.33. The molecule has 1 aromatic rings. The summed E-state index contributed by atoms with van der Waals surface area (Å²) in [6, 6.07) is 5.82. The minimum Gasteiger partial charge on any atom is -0.493 e. The number of carbonyl (C=O) groups is 2. The summed E-state index contributed by atoms with van der Waals surface area (Å²) < 4.78 is 5.74. The fourth-order valence-electron chi connectivity index (χ4n) is 2.91. The molecule has 110 valence electrons. The van der Waals surface area contributed by atoms with E-state index in [1.54, 1.807) is 0 Å². The van der Waals surface area contributed by atoms with Crippen molar-refractivity contribution in [3.05, 3.63) is 41.5 Å². The molecule has 1 heterocycles. The molecule has 0 fully saturated rings. The molecule has 4 heteroatoms. The van der Waals surface area contributed by atoms with Gasteiger partial charge in [-0.3, -0.25) is 14.5 Å². The number of hydrogen-bond donors (Lipinski definition) is 0. The van der Waals surface area contributed by atoms with Crippen LogP contribution in [0.3, 0.4) is 0 Å². The van der Waals surface area contributed by atoms with Gasteiger partial charge in [-0.05, 0) is 42.0 Å². The molecule has 0 unspecified atom stereocenters. The van der Waals surface area contributed by atoms with Crippen molar-refractivity contribution in [1.82, 2.24) is 4.90 Å². The Hall–Kier alpha value is -2.10. The first-order valence-corrected chi connectivity index (χ1v) is 7.37. The number of benzene rings is 1. The lowest BCUT2D eigenvalue weighted by Gasteiger charge is -2.23. The van der Waals surface area contributed by atoms with Gasteiger partial charge in [0.1, 0.15) is 5.75 Å². The fourth-order valence-corrected chi connectivity index (χ4v) is 2.91. The summed E-state index contributed by atoms with van der Waals surface area (Å²) >= 11 is 0. The molecule has 4 nitrogen and oxygen atoms in total. The van der Waals surface area contributed by atoms with Crippen LogP contribution in [0.4, 0.5) is 0 Å². The summed E-state index contributed by atoms with van der Waals surface area (Å²) in [6.45, 7) is 4.91. The van der Waals surface area contributed by atoms with Gasteiger partial charge in [-0.2, -0.15) is 0 Å². The quantitative estimate of drug-likeness (QED) is 0.799. The Bertz CT molecular complexity index is 600. The number of amides is 2. The van der Waals surface area contributed by atoms with Crippen LogP contribution in [-0.4, -0.2) is 23.3 Å². The predicted molar refractivity (Wildman–Crippen MR) is 78.8 cm³/mol. The zero-order chi connectivity index (χ0) is 15.0. The highest BCUT2D eigenvalue weighted by Crippen LogP contribution is 2.38. The minimum absolute atomic E-state index is 0.130. The molecule has 0 saturated carbocycles. The molecule has 1 aliphatic heterocycles. The Labute approximate surface area is 124 Å². The van der Waals surface area contributed by atoms with Crippen LogP contribution in [0.5, 0.6) is 5.75 Å². The van der Waals surface area contributed by atoms with Crippen LogP contribution in [0, 0.1) is 5.92 Å². The Morgan fingerprint density at radius 2 is 1.95 bits per heavy atom. The monoisotopic (exact) mass is 285 g/mol. The molecule has 0 radical (unpaired) electrons. The van der Waals surface area contributed by atoms with Crippen molar-refractivity contribution >= 4 is 11.8 Å². The largest absolute Gasteiger partial charge is 0.493 e. The van der Waals surface area contributed by atoms with E-state index in [0.29, 0.717) is 12.5 Å². The van der Waals surface area contributed by atoms with Crippen molar-refractivity contribution in [3.8, 4) is 5.75 Å². The first-order chi connectivity index (χ1) is 10.1. The van der Waals surface area contributed by atoms with Crippen molar-refractivity contribution in [2.75, 3.05) is 6.61 Å². The van der Waals surface area contributed by atoms with Gasteiger partial charge in [-0.1, -0.05) is 19.9 Å². The zero-order valence-electron chi connectivity index (χ0n) is 12.3. The van der Waals surface area contributed by atoms with Gasteiger partial charge in [0.05, 0.1) is 12.6 Å². The summed E-state index contributed by atoms with van der Waals surface area (Å²) in [5.41, 5.74) is 2.24. The maximum Gasteiger partial charge on any atom is 0.254 e. The molecule has 0 aromatic heterocycles. The van der Waals surface area contributed by atoms with Crippen LogP contribution in [0.25, 0.3) is 0 Å². The number of carbonyl (C=O) groups excluding carboxylic acids is 2. The second-order valence-electron chi connectivity index (χ2n) is 6.00. The fraction of sp³-hybridized carbons (Fsp3) is 0.412. The molecule has 0 N–H and O–H groups in total. The van der Waals surface area contributed by atoms with Crippen LogP contribution < -0.4 is 4.74 Å². The summed E-state index contributed by atoms with van der Waals surface area (Å²) in [4.78, 5) is 25.0. The molecular formula is C17H19NO3. The summed E-state index contributed by atoms with van der Waals surface area (Å²) in [7, 11) is 0. The number of ether oxygens (including phenoxy) is 1. The van der Waals surface area contributed by atoms with Gasteiger partial charge in [0.2, 0.25) is 0 Å². The molecule has 0 bridgehead atoms. The molecule has 21 heavy (non-hydrogen) atoms. The summed E-state index contributed by atoms with van der Waals surface area (Å²) in [5.74, 6) is 0.924. The Kier molecular flexibility index (Phi) is 3.53. The van der Waals surface area contributed by atoms with E-state index in [-0.39, 0.29) is 17.9 Å². The third-order valence-electron chi connectivity index (χ3n) is 3.90. The van der Waals surface area contributed by atoms with Crippen molar-refractivity contribution < 1.29 is 14.3 Å². The van der Waals surface area contributed by atoms with E-state index in [4.69, 9.17) is 4.74 Å². The number of hydrogen-bond acceptors (Lipinski definition) is 3. The van der Waals surface area contributed by atoms with E-state index < -0.39 is 0 Å². The molecule has 0 spiro atoms. The second-order valence-corrected chi connectivity index (χ2v) is 6.00.